The van der Waals surface area contributed by atoms with Crippen LogP contribution < -0.4 is 10.5 Å². The lowest BCUT2D eigenvalue weighted by molar-refractivity contribution is -0.142. The number of hydrogen-bond acceptors (Lipinski definition) is 6. The minimum atomic E-state index is -0.738. The zero-order valence-corrected chi connectivity index (χ0v) is 8.02. The molecule has 1 aromatic heterocycles. The molecule has 1 aromatic rings. The molecule has 1 atom stereocenters. The Bertz CT molecular complexity index is 310. The van der Waals surface area contributed by atoms with Crippen molar-refractivity contribution in [1.29, 1.82) is 0 Å². The van der Waals surface area contributed by atoms with E-state index in [9.17, 15) is 4.79 Å². The fourth-order valence-electron chi connectivity index (χ4n) is 0.938. The first-order chi connectivity index (χ1) is 6.67. The number of esters is 1. The van der Waals surface area contributed by atoms with Crippen molar-refractivity contribution >= 4 is 5.97 Å². The Hall–Kier alpha value is -1.56. The smallest absolute Gasteiger partial charge is 0.323 e. The molecule has 2 N–H and O–H groups in total. The predicted octanol–water partition coefficient (Wildman–Crippen LogP) is -0.274. The zero-order chi connectivity index (χ0) is 10.6. The SMILES string of the molecule is COC(=O)[C@H](N)Cc1cc(OC)no1. The second-order valence-corrected chi connectivity index (χ2v) is 2.67. The summed E-state index contributed by atoms with van der Waals surface area (Å²) in [6.07, 6.45) is 0.239. The van der Waals surface area contributed by atoms with E-state index in [4.69, 9.17) is 15.0 Å². The second-order valence-electron chi connectivity index (χ2n) is 2.67. The van der Waals surface area contributed by atoms with Gasteiger partial charge >= 0.3 is 5.97 Å². The van der Waals surface area contributed by atoms with Gasteiger partial charge in [0.25, 0.3) is 5.88 Å². The van der Waals surface area contributed by atoms with Crippen LogP contribution in [-0.4, -0.2) is 31.4 Å². The van der Waals surface area contributed by atoms with E-state index in [0.717, 1.165) is 0 Å². The Morgan fingerprint density at radius 2 is 2.43 bits per heavy atom. The highest BCUT2D eigenvalue weighted by Gasteiger charge is 2.17. The summed E-state index contributed by atoms with van der Waals surface area (Å²) < 4.78 is 14.1. The number of nitrogens with zero attached hydrogens (tertiary/aromatic N) is 1. The highest BCUT2D eigenvalue weighted by molar-refractivity contribution is 5.75. The number of rotatable bonds is 4. The summed E-state index contributed by atoms with van der Waals surface area (Å²) >= 11 is 0. The molecular formula is C8H12N2O4. The summed E-state index contributed by atoms with van der Waals surface area (Å²) in [6, 6.07) is 0.834. The van der Waals surface area contributed by atoms with Crippen LogP contribution in [0.5, 0.6) is 5.88 Å². The number of carbonyl (C=O) groups is 1. The van der Waals surface area contributed by atoms with Crippen LogP contribution in [0.1, 0.15) is 5.76 Å². The van der Waals surface area contributed by atoms with Gasteiger partial charge in [0.15, 0.2) is 0 Å². The molecule has 6 nitrogen and oxygen atoms in total. The van der Waals surface area contributed by atoms with Gasteiger partial charge in [0, 0.05) is 12.5 Å². The van der Waals surface area contributed by atoms with Crippen molar-refractivity contribution in [3.8, 4) is 5.88 Å². The molecule has 78 valence electrons. The molecule has 6 heteroatoms. The lowest BCUT2D eigenvalue weighted by Crippen LogP contribution is -2.33. The van der Waals surface area contributed by atoms with E-state index in [2.05, 4.69) is 9.89 Å². The van der Waals surface area contributed by atoms with Gasteiger partial charge in [-0.1, -0.05) is 0 Å². The first kappa shape index (κ1) is 10.5. The van der Waals surface area contributed by atoms with Crippen LogP contribution >= 0.6 is 0 Å². The van der Waals surface area contributed by atoms with Gasteiger partial charge in [-0.2, -0.15) is 0 Å². The van der Waals surface area contributed by atoms with E-state index in [-0.39, 0.29) is 6.42 Å². The van der Waals surface area contributed by atoms with E-state index in [0.29, 0.717) is 11.6 Å². The zero-order valence-electron chi connectivity index (χ0n) is 8.02. The molecule has 0 aliphatic heterocycles. The maximum Gasteiger partial charge on any atom is 0.323 e. The molecule has 0 saturated carbocycles. The van der Waals surface area contributed by atoms with Crippen LogP contribution in [0.2, 0.25) is 0 Å². The lowest BCUT2D eigenvalue weighted by Gasteiger charge is -2.05. The molecule has 14 heavy (non-hydrogen) atoms. The van der Waals surface area contributed by atoms with Crippen LogP contribution in [0.3, 0.4) is 0 Å². The number of nitrogens with two attached hydrogens (primary N) is 1. The van der Waals surface area contributed by atoms with E-state index < -0.39 is 12.0 Å². The van der Waals surface area contributed by atoms with Crippen LogP contribution in [0.25, 0.3) is 0 Å². The predicted molar refractivity (Wildman–Crippen MR) is 46.8 cm³/mol. The quantitative estimate of drug-likeness (QED) is 0.673. The molecule has 1 rings (SSSR count). The van der Waals surface area contributed by atoms with Crippen LogP contribution in [0.15, 0.2) is 10.6 Å². The second kappa shape index (κ2) is 4.61. The minimum absolute atomic E-state index is 0.239. The van der Waals surface area contributed by atoms with Gasteiger partial charge in [-0.25, -0.2) is 0 Å². The van der Waals surface area contributed by atoms with Gasteiger partial charge in [-0.3, -0.25) is 4.79 Å². The van der Waals surface area contributed by atoms with Crippen molar-refractivity contribution < 1.29 is 18.8 Å². The van der Waals surface area contributed by atoms with Crippen LogP contribution in [0, 0.1) is 0 Å². The first-order valence-electron chi connectivity index (χ1n) is 4.00. The van der Waals surface area contributed by atoms with Crippen LogP contribution in [-0.2, 0) is 16.0 Å². The summed E-state index contributed by atoms with van der Waals surface area (Å²) in [5.41, 5.74) is 5.51. The number of methoxy groups -OCH3 is 2. The standard InChI is InChI=1S/C8H12N2O4/c1-12-7-4-5(14-10-7)3-6(9)8(11)13-2/h4,6H,3,9H2,1-2H3/t6-/m1/s1. The molecule has 0 aliphatic carbocycles. The average Bonchev–Trinajstić information content (AvgIpc) is 2.64. The molecular weight excluding hydrogens is 188 g/mol. The summed E-state index contributed by atoms with van der Waals surface area (Å²) in [5.74, 6) is 0.359. The van der Waals surface area contributed by atoms with Crippen LogP contribution in [0.4, 0.5) is 0 Å². The van der Waals surface area contributed by atoms with Crippen molar-refractivity contribution in [2.75, 3.05) is 14.2 Å². The highest BCUT2D eigenvalue weighted by Crippen LogP contribution is 2.11. The lowest BCUT2D eigenvalue weighted by atomic mass is 10.2. The van der Waals surface area contributed by atoms with Crippen molar-refractivity contribution in [3.05, 3.63) is 11.8 Å². The number of aromatic nitrogens is 1. The Morgan fingerprint density at radius 1 is 1.71 bits per heavy atom. The van der Waals surface area contributed by atoms with Crippen molar-refractivity contribution in [2.45, 2.75) is 12.5 Å². The number of carbonyl (C=O) groups excluding carboxylic acids is 1. The maximum atomic E-state index is 11.0. The van der Waals surface area contributed by atoms with E-state index in [1.165, 1.54) is 14.2 Å². The number of ether oxygens (including phenoxy) is 2. The fourth-order valence-corrected chi connectivity index (χ4v) is 0.938. The van der Waals surface area contributed by atoms with Gasteiger partial charge in [0.1, 0.15) is 11.8 Å². The van der Waals surface area contributed by atoms with E-state index in [1.807, 2.05) is 0 Å². The Morgan fingerprint density at radius 3 is 2.93 bits per heavy atom. The molecule has 0 fully saturated rings. The molecule has 0 saturated heterocycles. The van der Waals surface area contributed by atoms with E-state index >= 15 is 0 Å². The topological polar surface area (TPSA) is 87.6 Å². The third kappa shape index (κ3) is 2.46. The monoisotopic (exact) mass is 200 g/mol. The molecule has 0 aliphatic rings. The Balaban J connectivity index is 2.55. The van der Waals surface area contributed by atoms with Crippen molar-refractivity contribution in [2.24, 2.45) is 5.73 Å². The van der Waals surface area contributed by atoms with Gasteiger partial charge < -0.3 is 19.7 Å². The molecule has 0 amide bonds. The van der Waals surface area contributed by atoms with Gasteiger partial charge in [-0.05, 0) is 5.16 Å². The molecule has 0 unspecified atom stereocenters. The summed E-state index contributed by atoms with van der Waals surface area (Å²) in [4.78, 5) is 11.0. The highest BCUT2D eigenvalue weighted by atomic mass is 16.5. The summed E-state index contributed by atoms with van der Waals surface area (Å²) in [6.45, 7) is 0. The van der Waals surface area contributed by atoms with Gasteiger partial charge in [0.05, 0.1) is 14.2 Å². The molecule has 0 radical (unpaired) electrons. The average molecular weight is 200 g/mol. The maximum absolute atomic E-state index is 11.0. The first-order valence-corrected chi connectivity index (χ1v) is 4.00. The Kier molecular flexibility index (Phi) is 3.47. The largest absolute Gasteiger partial charge is 0.479 e. The van der Waals surface area contributed by atoms with Gasteiger partial charge in [0.2, 0.25) is 0 Å². The summed E-state index contributed by atoms with van der Waals surface area (Å²) in [5, 5.41) is 3.57. The Labute approximate surface area is 80.9 Å². The van der Waals surface area contributed by atoms with Crippen molar-refractivity contribution in [3.63, 3.8) is 0 Å². The molecule has 0 spiro atoms. The number of hydrogen-bond donors (Lipinski definition) is 1. The summed E-state index contributed by atoms with van der Waals surface area (Å²) in [7, 11) is 2.75. The molecule has 0 aromatic carbocycles. The van der Waals surface area contributed by atoms with E-state index in [1.54, 1.807) is 6.07 Å². The normalized spacial score (nSPS) is 12.2. The third-order valence-corrected chi connectivity index (χ3v) is 1.67. The minimum Gasteiger partial charge on any atom is -0.479 e. The molecule has 1 heterocycles. The third-order valence-electron chi connectivity index (χ3n) is 1.67. The van der Waals surface area contributed by atoms with Crippen molar-refractivity contribution in [1.82, 2.24) is 5.16 Å². The fraction of sp³-hybridized carbons (Fsp3) is 0.500. The molecule has 0 bridgehead atoms. The van der Waals surface area contributed by atoms with Gasteiger partial charge in [-0.15, -0.1) is 0 Å².